The van der Waals surface area contributed by atoms with Gasteiger partial charge in [0.25, 0.3) is 0 Å². The lowest BCUT2D eigenvalue weighted by atomic mass is 10.1. The van der Waals surface area contributed by atoms with Crippen LogP contribution >= 0.6 is 0 Å². The number of hydrogen-bond donors (Lipinski definition) is 1. The molecule has 0 bridgehead atoms. The SMILES string of the molecule is Cn1ccc(Cn2cncc2C2CCNC2)n1. The van der Waals surface area contributed by atoms with E-state index in [4.69, 9.17) is 0 Å². The third-order valence-corrected chi connectivity index (χ3v) is 3.32. The molecule has 2 aromatic heterocycles. The standard InChI is InChI=1S/C12H17N5/c1-16-5-3-11(15-16)8-17-9-14-7-12(17)10-2-4-13-6-10/h3,5,7,9-10,13H,2,4,6,8H2,1H3. The monoisotopic (exact) mass is 231 g/mol. The molecule has 1 aliphatic heterocycles. The van der Waals surface area contributed by atoms with E-state index in [1.54, 1.807) is 0 Å². The van der Waals surface area contributed by atoms with Gasteiger partial charge in [0.05, 0.1) is 18.6 Å². The van der Waals surface area contributed by atoms with E-state index in [1.807, 2.05) is 30.5 Å². The van der Waals surface area contributed by atoms with Gasteiger partial charge in [-0.25, -0.2) is 4.98 Å². The zero-order valence-electron chi connectivity index (χ0n) is 10.0. The Balaban J connectivity index is 1.81. The number of nitrogens with one attached hydrogen (secondary N) is 1. The molecule has 3 rings (SSSR count). The molecule has 1 atom stereocenters. The molecule has 17 heavy (non-hydrogen) atoms. The van der Waals surface area contributed by atoms with Crippen LogP contribution in [-0.4, -0.2) is 32.4 Å². The van der Waals surface area contributed by atoms with E-state index < -0.39 is 0 Å². The summed E-state index contributed by atoms with van der Waals surface area (Å²) in [4.78, 5) is 4.27. The van der Waals surface area contributed by atoms with Crippen LogP contribution in [0.4, 0.5) is 0 Å². The van der Waals surface area contributed by atoms with Crippen molar-refractivity contribution >= 4 is 0 Å². The molecule has 1 N–H and O–H groups in total. The zero-order valence-corrected chi connectivity index (χ0v) is 10.0. The highest BCUT2D eigenvalue weighted by Crippen LogP contribution is 2.22. The average molecular weight is 231 g/mol. The van der Waals surface area contributed by atoms with Gasteiger partial charge >= 0.3 is 0 Å². The maximum absolute atomic E-state index is 4.41. The summed E-state index contributed by atoms with van der Waals surface area (Å²) in [5.74, 6) is 0.598. The molecule has 3 heterocycles. The fourth-order valence-corrected chi connectivity index (χ4v) is 2.43. The van der Waals surface area contributed by atoms with Gasteiger partial charge in [-0.2, -0.15) is 5.10 Å². The topological polar surface area (TPSA) is 47.7 Å². The lowest BCUT2D eigenvalue weighted by Gasteiger charge is -2.11. The maximum atomic E-state index is 4.41. The van der Waals surface area contributed by atoms with Crippen LogP contribution in [-0.2, 0) is 13.6 Å². The van der Waals surface area contributed by atoms with Crippen molar-refractivity contribution in [2.75, 3.05) is 13.1 Å². The molecule has 1 saturated heterocycles. The quantitative estimate of drug-likeness (QED) is 0.847. The Morgan fingerprint density at radius 2 is 2.47 bits per heavy atom. The molecular formula is C12H17N5. The number of aryl methyl sites for hydroxylation is 1. The fourth-order valence-electron chi connectivity index (χ4n) is 2.43. The van der Waals surface area contributed by atoms with Crippen LogP contribution in [0.2, 0.25) is 0 Å². The van der Waals surface area contributed by atoms with E-state index in [-0.39, 0.29) is 0 Å². The Hall–Kier alpha value is -1.62. The molecule has 90 valence electrons. The van der Waals surface area contributed by atoms with Gasteiger partial charge in [0, 0.05) is 37.6 Å². The third kappa shape index (κ3) is 2.10. The summed E-state index contributed by atoms with van der Waals surface area (Å²) in [5, 5.41) is 7.80. The van der Waals surface area contributed by atoms with Crippen molar-refractivity contribution in [3.05, 3.63) is 36.2 Å². The molecule has 2 aromatic rings. The number of aromatic nitrogens is 4. The molecule has 5 nitrogen and oxygen atoms in total. The second-order valence-corrected chi connectivity index (χ2v) is 4.62. The van der Waals surface area contributed by atoms with Crippen molar-refractivity contribution in [1.29, 1.82) is 0 Å². The van der Waals surface area contributed by atoms with Gasteiger partial charge in [-0.1, -0.05) is 0 Å². The highest BCUT2D eigenvalue weighted by Gasteiger charge is 2.20. The molecule has 1 aliphatic rings. The first-order chi connectivity index (χ1) is 8.33. The summed E-state index contributed by atoms with van der Waals surface area (Å²) in [6, 6.07) is 2.05. The van der Waals surface area contributed by atoms with Gasteiger partial charge in [-0.15, -0.1) is 0 Å². The molecule has 0 aromatic carbocycles. The molecule has 5 heteroatoms. The van der Waals surface area contributed by atoms with Crippen molar-refractivity contribution in [1.82, 2.24) is 24.6 Å². The minimum absolute atomic E-state index is 0.598. The Kier molecular flexibility index (Phi) is 2.68. The lowest BCUT2D eigenvalue weighted by molar-refractivity contribution is 0.637. The van der Waals surface area contributed by atoms with Crippen LogP contribution in [0.15, 0.2) is 24.8 Å². The van der Waals surface area contributed by atoms with Gasteiger partial charge in [0.1, 0.15) is 0 Å². The Labute approximate surface area is 100 Å². The average Bonchev–Trinajstić information content (AvgIpc) is 3.00. The summed E-state index contributed by atoms with van der Waals surface area (Å²) in [5.41, 5.74) is 2.40. The van der Waals surface area contributed by atoms with Crippen molar-refractivity contribution in [2.24, 2.45) is 7.05 Å². The van der Waals surface area contributed by atoms with Crippen LogP contribution in [0.5, 0.6) is 0 Å². The number of imidazole rings is 1. The van der Waals surface area contributed by atoms with E-state index in [9.17, 15) is 0 Å². The summed E-state index contributed by atoms with van der Waals surface area (Å²) in [6.45, 7) is 2.99. The normalized spacial score (nSPS) is 19.9. The van der Waals surface area contributed by atoms with E-state index in [2.05, 4.69) is 26.0 Å². The van der Waals surface area contributed by atoms with E-state index in [0.29, 0.717) is 5.92 Å². The second-order valence-electron chi connectivity index (χ2n) is 4.62. The van der Waals surface area contributed by atoms with Crippen LogP contribution in [0, 0.1) is 0 Å². The predicted octanol–water partition coefficient (Wildman–Crippen LogP) is 0.742. The summed E-state index contributed by atoms with van der Waals surface area (Å²) in [6.07, 6.45) is 7.07. The molecule has 1 unspecified atom stereocenters. The Morgan fingerprint density at radius 1 is 1.53 bits per heavy atom. The van der Waals surface area contributed by atoms with Gasteiger partial charge < -0.3 is 9.88 Å². The largest absolute Gasteiger partial charge is 0.328 e. The highest BCUT2D eigenvalue weighted by molar-refractivity contribution is 5.12. The lowest BCUT2D eigenvalue weighted by Crippen LogP contribution is -2.12. The molecule has 0 saturated carbocycles. The van der Waals surface area contributed by atoms with Gasteiger partial charge in [0.2, 0.25) is 0 Å². The van der Waals surface area contributed by atoms with Crippen molar-refractivity contribution in [3.63, 3.8) is 0 Å². The first-order valence-corrected chi connectivity index (χ1v) is 6.02. The third-order valence-electron chi connectivity index (χ3n) is 3.32. The van der Waals surface area contributed by atoms with Gasteiger partial charge in [-0.05, 0) is 19.0 Å². The molecular weight excluding hydrogens is 214 g/mol. The summed E-state index contributed by atoms with van der Waals surface area (Å²) < 4.78 is 4.04. The maximum Gasteiger partial charge on any atom is 0.0951 e. The fraction of sp³-hybridized carbons (Fsp3) is 0.500. The van der Waals surface area contributed by atoms with Gasteiger partial charge in [0.15, 0.2) is 0 Å². The van der Waals surface area contributed by atoms with Gasteiger partial charge in [-0.3, -0.25) is 4.68 Å². The number of rotatable bonds is 3. The number of nitrogens with zero attached hydrogens (tertiary/aromatic N) is 4. The van der Waals surface area contributed by atoms with Crippen LogP contribution in [0.25, 0.3) is 0 Å². The van der Waals surface area contributed by atoms with E-state index in [1.165, 1.54) is 12.1 Å². The molecule has 0 spiro atoms. The summed E-state index contributed by atoms with van der Waals surface area (Å²) >= 11 is 0. The molecule has 0 radical (unpaired) electrons. The summed E-state index contributed by atoms with van der Waals surface area (Å²) in [7, 11) is 1.94. The van der Waals surface area contributed by atoms with Crippen LogP contribution in [0.1, 0.15) is 23.7 Å². The van der Waals surface area contributed by atoms with E-state index in [0.717, 1.165) is 25.3 Å². The highest BCUT2D eigenvalue weighted by atomic mass is 15.3. The van der Waals surface area contributed by atoms with E-state index >= 15 is 0 Å². The molecule has 0 aliphatic carbocycles. The number of hydrogen-bond acceptors (Lipinski definition) is 3. The minimum Gasteiger partial charge on any atom is -0.328 e. The first kappa shape index (κ1) is 10.5. The van der Waals surface area contributed by atoms with Crippen molar-refractivity contribution in [2.45, 2.75) is 18.9 Å². The second kappa shape index (κ2) is 4.33. The predicted molar refractivity (Wildman–Crippen MR) is 64.8 cm³/mol. The van der Waals surface area contributed by atoms with Crippen LogP contribution < -0.4 is 5.32 Å². The Bertz CT molecular complexity index is 492. The Morgan fingerprint density at radius 3 is 3.18 bits per heavy atom. The minimum atomic E-state index is 0.598. The first-order valence-electron chi connectivity index (χ1n) is 6.02. The zero-order chi connectivity index (χ0) is 11.7. The van der Waals surface area contributed by atoms with Crippen molar-refractivity contribution < 1.29 is 0 Å². The molecule has 1 fully saturated rings. The van der Waals surface area contributed by atoms with Crippen LogP contribution in [0.3, 0.4) is 0 Å². The van der Waals surface area contributed by atoms with Crippen molar-refractivity contribution in [3.8, 4) is 0 Å². The molecule has 0 amide bonds. The smallest absolute Gasteiger partial charge is 0.0951 e.